The van der Waals surface area contributed by atoms with Crippen molar-refractivity contribution in [3.05, 3.63) is 70.7 Å². The van der Waals surface area contributed by atoms with Crippen LogP contribution in [0.4, 0.5) is 19.1 Å². The first-order chi connectivity index (χ1) is 12.7. The summed E-state index contributed by atoms with van der Waals surface area (Å²) in [5.41, 5.74) is 7.92. The number of anilines is 1. The zero-order valence-corrected chi connectivity index (χ0v) is 14.6. The largest absolute Gasteiger partial charge is 0.416 e. The molecule has 0 atom stereocenters. The molecule has 136 valence electrons. The maximum absolute atomic E-state index is 13.1. The highest BCUT2D eigenvalue weighted by atomic mass is 19.4. The van der Waals surface area contributed by atoms with Crippen molar-refractivity contribution in [1.82, 2.24) is 15.0 Å². The van der Waals surface area contributed by atoms with Gasteiger partial charge in [0.2, 0.25) is 5.95 Å². The van der Waals surface area contributed by atoms with Gasteiger partial charge >= 0.3 is 6.18 Å². The molecule has 0 aliphatic heterocycles. The Morgan fingerprint density at radius 1 is 1.00 bits per heavy atom. The molecule has 0 amide bonds. The van der Waals surface area contributed by atoms with Gasteiger partial charge in [-0.05, 0) is 38.1 Å². The number of rotatable bonds is 1. The highest BCUT2D eigenvalue weighted by Crippen LogP contribution is 2.33. The van der Waals surface area contributed by atoms with Gasteiger partial charge in [0.05, 0.1) is 22.5 Å². The predicted molar refractivity (Wildman–Crippen MR) is 96.6 cm³/mol. The zero-order chi connectivity index (χ0) is 19.6. The summed E-state index contributed by atoms with van der Waals surface area (Å²) in [7, 11) is 0. The summed E-state index contributed by atoms with van der Waals surface area (Å²) in [6, 6.07) is 8.53. The SMILES string of the molecule is Cc1ccc(C#Cc2c(C)nc(N)nc2-c2cccc(C(F)(F)F)c2)cn1. The van der Waals surface area contributed by atoms with Crippen molar-refractivity contribution in [1.29, 1.82) is 0 Å². The second-order valence-corrected chi connectivity index (χ2v) is 5.91. The van der Waals surface area contributed by atoms with Crippen molar-refractivity contribution in [2.24, 2.45) is 0 Å². The van der Waals surface area contributed by atoms with Gasteiger partial charge in [0.1, 0.15) is 0 Å². The number of hydrogen-bond acceptors (Lipinski definition) is 4. The standard InChI is InChI=1S/C20H15F3N4/c1-12-6-7-14(11-25-12)8-9-17-13(2)26-19(24)27-18(17)15-4-3-5-16(10-15)20(21,22)23/h3-7,10-11H,1-2H3,(H2,24,26,27). The minimum atomic E-state index is -4.46. The summed E-state index contributed by atoms with van der Waals surface area (Å²) in [5.74, 6) is 5.87. The van der Waals surface area contributed by atoms with E-state index in [1.807, 2.05) is 19.1 Å². The zero-order valence-electron chi connectivity index (χ0n) is 14.6. The Morgan fingerprint density at radius 2 is 1.78 bits per heavy atom. The van der Waals surface area contributed by atoms with Crippen LogP contribution in [-0.4, -0.2) is 15.0 Å². The van der Waals surface area contributed by atoms with Gasteiger partial charge in [0.15, 0.2) is 0 Å². The lowest BCUT2D eigenvalue weighted by molar-refractivity contribution is -0.137. The quantitative estimate of drug-likeness (QED) is 0.655. The first-order valence-electron chi connectivity index (χ1n) is 8.00. The van der Waals surface area contributed by atoms with Crippen molar-refractivity contribution in [2.45, 2.75) is 20.0 Å². The fourth-order valence-corrected chi connectivity index (χ4v) is 2.47. The average molecular weight is 368 g/mol. The van der Waals surface area contributed by atoms with E-state index in [-0.39, 0.29) is 17.2 Å². The number of hydrogen-bond donors (Lipinski definition) is 1. The minimum absolute atomic E-state index is 0.0255. The summed E-state index contributed by atoms with van der Waals surface area (Å²) in [6.07, 6.45) is -2.83. The van der Waals surface area contributed by atoms with Crippen molar-refractivity contribution in [3.8, 4) is 23.1 Å². The van der Waals surface area contributed by atoms with Gasteiger partial charge in [0.25, 0.3) is 0 Å². The van der Waals surface area contributed by atoms with E-state index in [1.54, 1.807) is 13.1 Å². The van der Waals surface area contributed by atoms with Crippen LogP contribution in [0.2, 0.25) is 0 Å². The molecule has 27 heavy (non-hydrogen) atoms. The number of aryl methyl sites for hydroxylation is 2. The minimum Gasteiger partial charge on any atom is -0.368 e. The van der Waals surface area contributed by atoms with Gasteiger partial charge in [-0.3, -0.25) is 4.98 Å². The molecule has 0 spiro atoms. The third kappa shape index (κ3) is 4.23. The third-order valence-corrected chi connectivity index (χ3v) is 3.81. The van der Waals surface area contributed by atoms with Crippen LogP contribution in [0.5, 0.6) is 0 Å². The summed E-state index contributed by atoms with van der Waals surface area (Å²) >= 11 is 0. The van der Waals surface area contributed by atoms with E-state index >= 15 is 0 Å². The summed E-state index contributed by atoms with van der Waals surface area (Å²) in [5, 5.41) is 0. The lowest BCUT2D eigenvalue weighted by Gasteiger charge is -2.11. The summed E-state index contributed by atoms with van der Waals surface area (Å²) < 4.78 is 39.2. The van der Waals surface area contributed by atoms with Crippen molar-refractivity contribution >= 4 is 5.95 Å². The van der Waals surface area contributed by atoms with E-state index in [2.05, 4.69) is 26.8 Å². The Balaban J connectivity index is 2.13. The Morgan fingerprint density at radius 3 is 2.44 bits per heavy atom. The Labute approximate surface area is 154 Å². The first-order valence-corrected chi connectivity index (χ1v) is 8.00. The molecule has 0 aliphatic carbocycles. The average Bonchev–Trinajstić information content (AvgIpc) is 2.61. The van der Waals surface area contributed by atoms with E-state index in [4.69, 9.17) is 5.73 Å². The lowest BCUT2D eigenvalue weighted by Crippen LogP contribution is -2.06. The van der Waals surface area contributed by atoms with Gasteiger partial charge in [0, 0.05) is 23.0 Å². The van der Waals surface area contributed by atoms with E-state index in [9.17, 15) is 13.2 Å². The molecule has 2 N–H and O–H groups in total. The molecule has 0 aliphatic rings. The molecule has 3 aromatic rings. The third-order valence-electron chi connectivity index (χ3n) is 3.81. The van der Waals surface area contributed by atoms with Gasteiger partial charge in [-0.25, -0.2) is 9.97 Å². The normalized spacial score (nSPS) is 11.0. The molecule has 2 aromatic heterocycles. The maximum Gasteiger partial charge on any atom is 0.416 e. The van der Waals surface area contributed by atoms with Gasteiger partial charge in [-0.2, -0.15) is 13.2 Å². The number of alkyl halides is 3. The molecule has 0 bridgehead atoms. The molecule has 3 rings (SSSR count). The summed E-state index contributed by atoms with van der Waals surface area (Å²) in [6.45, 7) is 3.55. The molecule has 0 saturated carbocycles. The van der Waals surface area contributed by atoms with Crippen LogP contribution >= 0.6 is 0 Å². The van der Waals surface area contributed by atoms with E-state index < -0.39 is 11.7 Å². The number of benzene rings is 1. The molecular weight excluding hydrogens is 353 g/mol. The van der Waals surface area contributed by atoms with Crippen LogP contribution in [0.1, 0.15) is 28.1 Å². The smallest absolute Gasteiger partial charge is 0.368 e. The lowest BCUT2D eigenvalue weighted by atomic mass is 10.0. The first kappa shape index (κ1) is 18.4. The van der Waals surface area contributed by atoms with Crippen molar-refractivity contribution < 1.29 is 13.2 Å². The van der Waals surface area contributed by atoms with Crippen molar-refractivity contribution in [2.75, 3.05) is 5.73 Å². The number of nitrogens with two attached hydrogens (primary N) is 1. The van der Waals surface area contributed by atoms with Crippen LogP contribution in [0.3, 0.4) is 0 Å². The molecule has 0 saturated heterocycles. The molecule has 4 nitrogen and oxygen atoms in total. The maximum atomic E-state index is 13.1. The molecule has 7 heteroatoms. The Hall–Kier alpha value is -3.40. The highest BCUT2D eigenvalue weighted by molar-refractivity contribution is 5.70. The summed E-state index contributed by atoms with van der Waals surface area (Å²) in [4.78, 5) is 12.4. The topological polar surface area (TPSA) is 64.7 Å². The van der Waals surface area contributed by atoms with Gasteiger partial charge in [-0.15, -0.1) is 0 Å². The van der Waals surface area contributed by atoms with Gasteiger partial charge in [-0.1, -0.05) is 24.0 Å². The molecule has 1 aromatic carbocycles. The van der Waals surface area contributed by atoms with Crippen LogP contribution in [0, 0.1) is 25.7 Å². The Bertz CT molecular complexity index is 1050. The molecule has 0 radical (unpaired) electrons. The number of nitrogen functional groups attached to an aromatic ring is 1. The Kier molecular flexibility index (Phi) is 4.82. The predicted octanol–water partition coefficient (Wildman–Crippen LogP) is 4.16. The second-order valence-electron chi connectivity index (χ2n) is 5.91. The number of aromatic nitrogens is 3. The molecular formula is C20H15F3N4. The number of nitrogens with zero attached hydrogens (tertiary/aromatic N) is 3. The molecule has 0 fully saturated rings. The van der Waals surface area contributed by atoms with Crippen molar-refractivity contribution in [3.63, 3.8) is 0 Å². The van der Waals surface area contributed by atoms with Gasteiger partial charge < -0.3 is 5.73 Å². The molecule has 0 unspecified atom stereocenters. The molecule has 2 heterocycles. The van der Waals surface area contributed by atoms with Crippen LogP contribution in [0.15, 0.2) is 42.6 Å². The fraction of sp³-hybridized carbons (Fsp3) is 0.150. The van der Waals surface area contributed by atoms with E-state index in [0.717, 1.165) is 17.8 Å². The number of pyridine rings is 1. The van der Waals surface area contributed by atoms with E-state index in [0.29, 0.717) is 16.8 Å². The van der Waals surface area contributed by atoms with Crippen LogP contribution in [0.25, 0.3) is 11.3 Å². The van der Waals surface area contributed by atoms with E-state index in [1.165, 1.54) is 12.1 Å². The monoisotopic (exact) mass is 368 g/mol. The second kappa shape index (κ2) is 7.08. The fourth-order valence-electron chi connectivity index (χ4n) is 2.47. The number of halogens is 3. The van der Waals surface area contributed by atoms with Crippen LogP contribution in [-0.2, 0) is 6.18 Å². The van der Waals surface area contributed by atoms with Crippen LogP contribution < -0.4 is 5.73 Å². The highest BCUT2D eigenvalue weighted by Gasteiger charge is 2.30.